The number of aromatic carboxylic acids is 1. The summed E-state index contributed by atoms with van der Waals surface area (Å²) in [5, 5.41) is 12.1. The van der Waals surface area contributed by atoms with Crippen molar-refractivity contribution >= 4 is 40.2 Å². The fraction of sp³-hybridized carbons (Fsp3) is 0.182. The summed E-state index contributed by atoms with van der Waals surface area (Å²) in [6.45, 7) is 2.84. The van der Waals surface area contributed by atoms with Gasteiger partial charge in [0.05, 0.1) is 17.7 Å². The van der Waals surface area contributed by atoms with E-state index in [0.29, 0.717) is 44.2 Å². The summed E-state index contributed by atoms with van der Waals surface area (Å²) in [4.78, 5) is 44.1. The van der Waals surface area contributed by atoms with Crippen molar-refractivity contribution in [1.29, 1.82) is 0 Å². The molecule has 5 rings (SSSR count). The van der Waals surface area contributed by atoms with Crippen LogP contribution in [0.1, 0.15) is 22.8 Å². The van der Waals surface area contributed by atoms with Crippen molar-refractivity contribution in [1.82, 2.24) is 4.57 Å². The Bertz CT molecular complexity index is 1460. The molecule has 0 atom stereocenters. The van der Waals surface area contributed by atoms with Gasteiger partial charge in [-0.1, -0.05) is 17.4 Å². The first kappa shape index (κ1) is 20.0. The van der Waals surface area contributed by atoms with Crippen LogP contribution in [0.15, 0.2) is 52.3 Å². The maximum absolute atomic E-state index is 13.3. The van der Waals surface area contributed by atoms with Crippen LogP contribution in [0, 0.1) is 0 Å². The van der Waals surface area contributed by atoms with E-state index in [-0.39, 0.29) is 30.4 Å². The Kier molecular flexibility index (Phi) is 4.78. The minimum atomic E-state index is -1.02. The van der Waals surface area contributed by atoms with Gasteiger partial charge in [0.25, 0.3) is 11.5 Å². The average Bonchev–Trinajstić information content (AvgIpc) is 3.29. The smallest absolute Gasteiger partial charge is 0.335 e. The lowest BCUT2D eigenvalue weighted by Crippen LogP contribution is -2.43. The molecule has 1 amide bonds. The van der Waals surface area contributed by atoms with Crippen LogP contribution in [0.5, 0.6) is 5.75 Å². The fourth-order valence-corrected chi connectivity index (χ4v) is 4.85. The van der Waals surface area contributed by atoms with Crippen molar-refractivity contribution in [2.75, 3.05) is 23.5 Å². The number of carbonyl (C=O) groups is 2. The summed E-state index contributed by atoms with van der Waals surface area (Å²) in [5.41, 5.74) is 2.07. The van der Waals surface area contributed by atoms with Crippen LogP contribution in [-0.4, -0.2) is 34.8 Å². The van der Waals surface area contributed by atoms with Crippen LogP contribution < -0.4 is 29.8 Å². The van der Waals surface area contributed by atoms with Crippen molar-refractivity contribution in [2.45, 2.75) is 13.6 Å². The third-order valence-corrected chi connectivity index (χ3v) is 6.40. The molecular formula is C22H18N4O5S. The maximum Gasteiger partial charge on any atom is 0.335 e. The maximum atomic E-state index is 13.3. The van der Waals surface area contributed by atoms with Crippen molar-refractivity contribution in [2.24, 2.45) is 4.99 Å². The monoisotopic (exact) mass is 450 g/mol. The standard InChI is InChI=1S/C22H18N4O5S/c1-2-31-14-6-7-16-15(9-14)17(19(27)24-16)18-20(28)26-11-25(10-23-22(26)32-18)13-5-3-4-12(8-13)21(29)30/h3-9H,2,10-11H2,1H3,(H,24,27)(H,29,30). The molecule has 0 fully saturated rings. The molecule has 2 aromatic carbocycles. The Morgan fingerprint density at radius 1 is 1.25 bits per heavy atom. The van der Waals surface area contributed by atoms with Gasteiger partial charge in [-0.25, -0.2) is 9.79 Å². The van der Waals surface area contributed by atoms with Crippen molar-refractivity contribution in [3.05, 3.63) is 73.3 Å². The zero-order valence-electron chi connectivity index (χ0n) is 17.0. The SMILES string of the molecule is CCOc1ccc2c(c1)C(=c1sc3n(c1=O)CN(c1cccc(C(=O)O)c1)CN=3)C(=O)N2. The number of hydrogen-bond donors (Lipinski definition) is 2. The molecule has 0 saturated carbocycles. The van der Waals surface area contributed by atoms with Crippen LogP contribution >= 0.6 is 11.3 Å². The second-order valence-electron chi connectivity index (χ2n) is 7.25. The summed E-state index contributed by atoms with van der Waals surface area (Å²) in [7, 11) is 0. The highest BCUT2D eigenvalue weighted by molar-refractivity contribution is 7.07. The molecular weight excluding hydrogens is 432 g/mol. The highest BCUT2D eigenvalue weighted by atomic mass is 32.1. The lowest BCUT2D eigenvalue weighted by atomic mass is 10.1. The second kappa shape index (κ2) is 7.65. The molecule has 32 heavy (non-hydrogen) atoms. The van der Waals surface area contributed by atoms with Gasteiger partial charge in [0.2, 0.25) is 0 Å². The number of carbonyl (C=O) groups excluding carboxylic acids is 1. The Hall–Kier alpha value is -3.92. The van der Waals surface area contributed by atoms with E-state index in [4.69, 9.17) is 4.74 Å². The zero-order chi connectivity index (χ0) is 22.4. The minimum absolute atomic E-state index is 0.159. The van der Waals surface area contributed by atoms with Crippen molar-refractivity contribution in [3.63, 3.8) is 0 Å². The summed E-state index contributed by atoms with van der Waals surface area (Å²) in [5.74, 6) is -0.739. The molecule has 0 spiro atoms. The first-order valence-corrected chi connectivity index (χ1v) is 10.7. The van der Waals surface area contributed by atoms with E-state index < -0.39 is 5.97 Å². The first-order chi connectivity index (χ1) is 15.5. The molecule has 0 saturated heterocycles. The van der Waals surface area contributed by atoms with Gasteiger partial charge < -0.3 is 20.1 Å². The zero-order valence-corrected chi connectivity index (χ0v) is 17.8. The molecule has 3 aromatic rings. The van der Waals surface area contributed by atoms with E-state index in [0.717, 1.165) is 0 Å². The normalized spacial score (nSPS) is 16.2. The summed E-state index contributed by atoms with van der Waals surface area (Å²) < 4.78 is 7.37. The van der Waals surface area contributed by atoms with Crippen LogP contribution in [0.2, 0.25) is 0 Å². The second-order valence-corrected chi connectivity index (χ2v) is 8.23. The Labute approximate surface area is 185 Å². The van der Waals surface area contributed by atoms with Gasteiger partial charge in [-0.15, -0.1) is 0 Å². The number of amides is 1. The molecule has 10 heteroatoms. The van der Waals surface area contributed by atoms with E-state index in [1.165, 1.54) is 22.0 Å². The number of fused-ring (bicyclic) bond motifs is 2. The van der Waals surface area contributed by atoms with Crippen LogP contribution in [-0.2, 0) is 11.5 Å². The lowest BCUT2D eigenvalue weighted by molar-refractivity contribution is -0.110. The number of benzene rings is 2. The number of thiazole rings is 1. The molecule has 2 aliphatic heterocycles. The number of nitrogens with zero attached hydrogens (tertiary/aromatic N) is 3. The quantitative estimate of drug-likeness (QED) is 0.618. The highest BCUT2D eigenvalue weighted by Gasteiger charge is 2.28. The van der Waals surface area contributed by atoms with Crippen LogP contribution in [0.3, 0.4) is 0 Å². The number of ether oxygens (including phenoxy) is 1. The summed E-state index contributed by atoms with van der Waals surface area (Å²) in [6.07, 6.45) is 0. The topological polar surface area (TPSA) is 113 Å². The first-order valence-electron chi connectivity index (χ1n) is 9.91. The Balaban J connectivity index is 1.60. The number of aromatic nitrogens is 1. The number of hydrogen-bond acceptors (Lipinski definition) is 7. The van der Waals surface area contributed by atoms with Crippen molar-refractivity contribution < 1.29 is 19.4 Å². The Morgan fingerprint density at radius 3 is 2.88 bits per heavy atom. The number of carboxylic acids is 1. The Morgan fingerprint density at radius 2 is 2.09 bits per heavy atom. The molecule has 0 radical (unpaired) electrons. The molecule has 2 aliphatic rings. The van der Waals surface area contributed by atoms with Gasteiger partial charge in [-0.2, -0.15) is 0 Å². The predicted octanol–water partition coefficient (Wildman–Crippen LogP) is 1.21. The fourth-order valence-electron chi connectivity index (χ4n) is 3.79. The highest BCUT2D eigenvalue weighted by Crippen LogP contribution is 2.33. The summed E-state index contributed by atoms with van der Waals surface area (Å²) in [6, 6.07) is 11.8. The van der Waals surface area contributed by atoms with E-state index in [1.54, 1.807) is 41.3 Å². The minimum Gasteiger partial charge on any atom is -0.494 e. The summed E-state index contributed by atoms with van der Waals surface area (Å²) >= 11 is 1.18. The van der Waals surface area contributed by atoms with E-state index in [2.05, 4.69) is 10.3 Å². The number of anilines is 2. The number of rotatable bonds is 4. The largest absolute Gasteiger partial charge is 0.494 e. The average molecular weight is 450 g/mol. The molecule has 0 aliphatic carbocycles. The lowest BCUT2D eigenvalue weighted by Gasteiger charge is -2.25. The van der Waals surface area contributed by atoms with Crippen molar-refractivity contribution in [3.8, 4) is 5.75 Å². The van der Waals surface area contributed by atoms with E-state index in [1.807, 2.05) is 6.92 Å². The molecule has 9 nitrogen and oxygen atoms in total. The van der Waals surface area contributed by atoms with E-state index in [9.17, 15) is 19.5 Å². The van der Waals surface area contributed by atoms with Crippen LogP contribution in [0.4, 0.5) is 11.4 Å². The van der Waals surface area contributed by atoms with Gasteiger partial charge >= 0.3 is 5.97 Å². The third-order valence-electron chi connectivity index (χ3n) is 5.28. The van der Waals surface area contributed by atoms with Gasteiger partial charge in [-0.05, 0) is 43.3 Å². The van der Waals surface area contributed by atoms with Gasteiger partial charge in [0, 0.05) is 16.9 Å². The molecule has 2 N–H and O–H groups in total. The molecule has 1 aromatic heterocycles. The van der Waals surface area contributed by atoms with Crippen LogP contribution in [0.25, 0.3) is 5.57 Å². The molecule has 0 bridgehead atoms. The number of carboxylic acid groups (broad SMARTS) is 1. The number of nitrogens with one attached hydrogen (secondary N) is 1. The van der Waals surface area contributed by atoms with E-state index >= 15 is 0 Å². The third kappa shape index (κ3) is 3.25. The van der Waals surface area contributed by atoms with Gasteiger partial charge in [-0.3, -0.25) is 14.2 Å². The van der Waals surface area contributed by atoms with Gasteiger partial charge in [0.1, 0.15) is 23.6 Å². The molecule has 0 unspecified atom stereocenters. The molecule has 3 heterocycles. The predicted molar refractivity (Wildman–Crippen MR) is 119 cm³/mol. The molecule has 162 valence electrons. The van der Waals surface area contributed by atoms with Gasteiger partial charge in [0.15, 0.2) is 4.80 Å².